The zero-order valence-corrected chi connectivity index (χ0v) is 11.0. The lowest BCUT2D eigenvalue weighted by atomic mass is 9.81. The molecule has 1 aromatic rings. The van der Waals surface area contributed by atoms with E-state index in [0.717, 1.165) is 5.92 Å². The van der Waals surface area contributed by atoms with Gasteiger partial charge in [0.25, 0.3) is 0 Å². The Morgan fingerprint density at radius 1 is 1.12 bits per heavy atom. The van der Waals surface area contributed by atoms with E-state index in [1.165, 1.54) is 49.7 Å². The molecular formula is C16H25N. The quantitative estimate of drug-likeness (QED) is 0.774. The second-order valence-electron chi connectivity index (χ2n) is 5.44. The van der Waals surface area contributed by atoms with Gasteiger partial charge in [-0.25, -0.2) is 0 Å². The minimum absolute atomic E-state index is 0.674. The number of hydrogen-bond donors (Lipinski definition) is 1. The van der Waals surface area contributed by atoms with E-state index >= 15 is 0 Å². The smallest absolute Gasteiger partial charge is 0.0180 e. The molecule has 94 valence electrons. The normalized spacial score (nSPS) is 19.9. The van der Waals surface area contributed by atoms with Gasteiger partial charge in [-0.1, -0.05) is 56.9 Å². The summed E-state index contributed by atoms with van der Waals surface area (Å²) in [5.41, 5.74) is 8.67. The van der Waals surface area contributed by atoms with Crippen LogP contribution in [-0.2, 0) is 6.54 Å². The van der Waals surface area contributed by atoms with Crippen molar-refractivity contribution in [3.05, 3.63) is 35.4 Å². The molecule has 0 spiro atoms. The highest BCUT2D eigenvalue weighted by Gasteiger charge is 2.21. The fourth-order valence-electron chi connectivity index (χ4n) is 3.23. The van der Waals surface area contributed by atoms with Gasteiger partial charge in [0.15, 0.2) is 0 Å². The Hall–Kier alpha value is -0.820. The van der Waals surface area contributed by atoms with Crippen LogP contribution in [0.1, 0.15) is 62.5 Å². The molecule has 1 aliphatic carbocycles. The summed E-state index contributed by atoms with van der Waals surface area (Å²) in [7, 11) is 0. The lowest BCUT2D eigenvalue weighted by molar-refractivity contribution is 0.393. The predicted molar refractivity (Wildman–Crippen MR) is 73.9 cm³/mol. The third kappa shape index (κ3) is 3.10. The van der Waals surface area contributed by atoms with Gasteiger partial charge in [0, 0.05) is 6.54 Å². The Kier molecular flexibility index (Phi) is 4.61. The summed E-state index contributed by atoms with van der Waals surface area (Å²) < 4.78 is 0. The van der Waals surface area contributed by atoms with Crippen molar-refractivity contribution in [3.8, 4) is 0 Å². The van der Waals surface area contributed by atoms with Crippen molar-refractivity contribution in [2.24, 2.45) is 11.7 Å². The summed E-state index contributed by atoms with van der Waals surface area (Å²) in [4.78, 5) is 0. The molecule has 0 bridgehead atoms. The molecule has 0 saturated heterocycles. The fourth-order valence-corrected chi connectivity index (χ4v) is 3.23. The summed E-state index contributed by atoms with van der Waals surface area (Å²) in [6, 6.07) is 8.72. The molecular weight excluding hydrogens is 206 g/mol. The van der Waals surface area contributed by atoms with Gasteiger partial charge in [0.05, 0.1) is 0 Å². The summed E-state index contributed by atoms with van der Waals surface area (Å²) in [5, 5.41) is 0. The van der Waals surface area contributed by atoms with Crippen LogP contribution in [0.25, 0.3) is 0 Å². The minimum Gasteiger partial charge on any atom is -0.326 e. The molecule has 1 saturated carbocycles. The average Bonchev–Trinajstić information content (AvgIpc) is 2.66. The van der Waals surface area contributed by atoms with Crippen molar-refractivity contribution in [3.63, 3.8) is 0 Å². The second kappa shape index (κ2) is 6.20. The molecule has 1 heteroatoms. The van der Waals surface area contributed by atoms with Crippen molar-refractivity contribution >= 4 is 0 Å². The van der Waals surface area contributed by atoms with Gasteiger partial charge in [0.2, 0.25) is 0 Å². The van der Waals surface area contributed by atoms with Gasteiger partial charge < -0.3 is 5.73 Å². The van der Waals surface area contributed by atoms with Crippen LogP contribution in [0.2, 0.25) is 0 Å². The highest BCUT2D eigenvalue weighted by Crippen LogP contribution is 2.35. The summed E-state index contributed by atoms with van der Waals surface area (Å²) in [5.74, 6) is 1.54. The Bertz CT molecular complexity index is 337. The molecule has 0 radical (unpaired) electrons. The monoisotopic (exact) mass is 231 g/mol. The Morgan fingerprint density at radius 2 is 1.76 bits per heavy atom. The molecule has 0 aromatic heterocycles. The van der Waals surface area contributed by atoms with Crippen LogP contribution in [0.4, 0.5) is 0 Å². The molecule has 0 aliphatic heterocycles. The molecule has 1 nitrogen and oxygen atoms in total. The summed E-state index contributed by atoms with van der Waals surface area (Å²) >= 11 is 0. The van der Waals surface area contributed by atoms with Crippen molar-refractivity contribution in [1.29, 1.82) is 0 Å². The second-order valence-corrected chi connectivity index (χ2v) is 5.44. The van der Waals surface area contributed by atoms with Crippen LogP contribution in [0.5, 0.6) is 0 Å². The molecule has 1 aliphatic rings. The summed E-state index contributed by atoms with van der Waals surface area (Å²) in [6.07, 6.45) is 8.50. The zero-order chi connectivity index (χ0) is 12.1. The molecule has 0 amide bonds. The first-order valence-electron chi connectivity index (χ1n) is 7.11. The molecule has 1 atom stereocenters. The van der Waals surface area contributed by atoms with Crippen LogP contribution in [0, 0.1) is 5.92 Å². The van der Waals surface area contributed by atoms with Crippen LogP contribution in [0.15, 0.2) is 24.3 Å². The van der Waals surface area contributed by atoms with Crippen molar-refractivity contribution < 1.29 is 0 Å². The van der Waals surface area contributed by atoms with E-state index < -0.39 is 0 Å². The van der Waals surface area contributed by atoms with E-state index in [1.54, 1.807) is 0 Å². The number of rotatable bonds is 3. The van der Waals surface area contributed by atoms with Crippen molar-refractivity contribution in [2.45, 2.75) is 57.9 Å². The van der Waals surface area contributed by atoms with E-state index in [9.17, 15) is 0 Å². The van der Waals surface area contributed by atoms with E-state index in [4.69, 9.17) is 5.73 Å². The Labute approximate surface area is 105 Å². The SMILES string of the molecule is CC(c1ccccc1CN)C1CCCCCC1. The number of nitrogens with two attached hydrogens (primary N) is 1. The first-order valence-corrected chi connectivity index (χ1v) is 7.11. The summed E-state index contributed by atoms with van der Waals surface area (Å²) in [6.45, 7) is 3.07. The Balaban J connectivity index is 2.14. The van der Waals surface area contributed by atoms with Gasteiger partial charge in [-0.15, -0.1) is 0 Å². The first-order chi connectivity index (χ1) is 8.33. The molecule has 2 rings (SSSR count). The average molecular weight is 231 g/mol. The molecule has 1 fully saturated rings. The van der Waals surface area contributed by atoms with Crippen LogP contribution >= 0.6 is 0 Å². The highest BCUT2D eigenvalue weighted by molar-refractivity contribution is 5.30. The fraction of sp³-hybridized carbons (Fsp3) is 0.625. The third-order valence-corrected chi connectivity index (χ3v) is 4.37. The van der Waals surface area contributed by atoms with Gasteiger partial charge in [0.1, 0.15) is 0 Å². The maximum absolute atomic E-state index is 5.85. The molecule has 2 N–H and O–H groups in total. The molecule has 1 unspecified atom stereocenters. The lowest BCUT2D eigenvalue weighted by Crippen LogP contribution is -2.12. The maximum Gasteiger partial charge on any atom is 0.0180 e. The molecule has 17 heavy (non-hydrogen) atoms. The van der Waals surface area contributed by atoms with Gasteiger partial charge >= 0.3 is 0 Å². The standard InChI is InChI=1S/C16H25N/c1-13(14-8-4-2-3-5-9-14)16-11-7-6-10-15(16)12-17/h6-7,10-11,13-14H,2-5,8-9,12,17H2,1H3. The largest absolute Gasteiger partial charge is 0.326 e. The van der Waals surface area contributed by atoms with Crippen molar-refractivity contribution in [1.82, 2.24) is 0 Å². The van der Waals surface area contributed by atoms with Gasteiger partial charge in [-0.3, -0.25) is 0 Å². The van der Waals surface area contributed by atoms with E-state index in [2.05, 4.69) is 31.2 Å². The van der Waals surface area contributed by atoms with Crippen LogP contribution in [-0.4, -0.2) is 0 Å². The number of benzene rings is 1. The predicted octanol–water partition coefficient (Wildman–Crippen LogP) is 4.22. The van der Waals surface area contributed by atoms with E-state index in [0.29, 0.717) is 12.5 Å². The highest BCUT2D eigenvalue weighted by atomic mass is 14.5. The topological polar surface area (TPSA) is 26.0 Å². The van der Waals surface area contributed by atoms with Gasteiger partial charge in [-0.2, -0.15) is 0 Å². The number of hydrogen-bond acceptors (Lipinski definition) is 1. The minimum atomic E-state index is 0.674. The van der Waals surface area contributed by atoms with Gasteiger partial charge in [-0.05, 0) is 35.8 Å². The first kappa shape index (κ1) is 12.6. The van der Waals surface area contributed by atoms with E-state index in [-0.39, 0.29) is 0 Å². The lowest BCUT2D eigenvalue weighted by Gasteiger charge is -2.24. The maximum atomic E-state index is 5.85. The molecule has 0 heterocycles. The van der Waals surface area contributed by atoms with Crippen LogP contribution in [0.3, 0.4) is 0 Å². The zero-order valence-electron chi connectivity index (χ0n) is 11.0. The third-order valence-electron chi connectivity index (χ3n) is 4.37. The van der Waals surface area contributed by atoms with Crippen molar-refractivity contribution in [2.75, 3.05) is 0 Å². The van der Waals surface area contributed by atoms with Crippen LogP contribution < -0.4 is 5.73 Å². The molecule has 1 aromatic carbocycles. The Morgan fingerprint density at radius 3 is 2.41 bits per heavy atom. The van der Waals surface area contributed by atoms with E-state index in [1.807, 2.05) is 0 Å².